The van der Waals surface area contributed by atoms with Crippen molar-refractivity contribution in [2.24, 2.45) is 0 Å². The maximum absolute atomic E-state index is 11.8. The third-order valence-corrected chi connectivity index (χ3v) is 3.38. The van der Waals surface area contributed by atoms with E-state index in [0.717, 1.165) is 19.3 Å². The fourth-order valence-corrected chi connectivity index (χ4v) is 2.26. The second-order valence-electron chi connectivity index (χ2n) is 5.42. The van der Waals surface area contributed by atoms with Crippen molar-refractivity contribution in [3.8, 4) is 0 Å². The normalized spacial score (nSPS) is 18.3. The van der Waals surface area contributed by atoms with Crippen LogP contribution in [0.15, 0.2) is 0 Å². The Morgan fingerprint density at radius 1 is 1.19 bits per heavy atom. The van der Waals surface area contributed by atoms with Gasteiger partial charge in [0.05, 0.1) is 5.60 Å². The number of ether oxygens (including phenoxy) is 1. The monoisotopic (exact) mass is 312 g/mol. The van der Waals surface area contributed by atoms with Gasteiger partial charge >= 0.3 is 12.2 Å². The minimum atomic E-state index is -4.32. The van der Waals surface area contributed by atoms with E-state index in [4.69, 9.17) is 0 Å². The van der Waals surface area contributed by atoms with E-state index in [9.17, 15) is 23.1 Å². The Morgan fingerprint density at radius 3 is 2.48 bits per heavy atom. The molecule has 0 aliphatic heterocycles. The number of hydrogen-bond donors (Lipinski definition) is 3. The summed E-state index contributed by atoms with van der Waals surface area (Å²) in [6.45, 7) is -0.915. The molecule has 0 bridgehead atoms. The Bertz CT molecular complexity index is 318. The summed E-state index contributed by atoms with van der Waals surface area (Å²) in [6, 6.07) is -0.426. The number of carbonyl (C=O) groups excluding carboxylic acids is 1. The zero-order valence-electron chi connectivity index (χ0n) is 12.0. The van der Waals surface area contributed by atoms with Gasteiger partial charge in [0, 0.05) is 19.7 Å². The van der Waals surface area contributed by atoms with Gasteiger partial charge in [-0.3, -0.25) is 0 Å². The Kier molecular flexibility index (Phi) is 7.24. The molecule has 1 fully saturated rings. The van der Waals surface area contributed by atoms with Gasteiger partial charge < -0.3 is 20.5 Å². The number of carbonyl (C=O) groups is 1. The van der Waals surface area contributed by atoms with Gasteiger partial charge in [-0.25, -0.2) is 4.79 Å². The standard InChI is InChI=1S/C13H23F3N2O3/c14-13(15,16)10-21-8-4-7-17-11(19)18-9-12(20)5-2-1-3-6-12/h20H,1-10H2,(H2,17,18,19). The van der Waals surface area contributed by atoms with Gasteiger partial charge in [-0.2, -0.15) is 13.2 Å². The molecule has 0 aromatic rings. The van der Waals surface area contributed by atoms with Crippen molar-refractivity contribution in [1.29, 1.82) is 0 Å². The summed E-state index contributed by atoms with van der Waals surface area (Å²) in [6.07, 6.45) is 0.351. The van der Waals surface area contributed by atoms with E-state index in [0.29, 0.717) is 19.3 Å². The lowest BCUT2D eigenvalue weighted by molar-refractivity contribution is -0.173. The molecule has 1 aliphatic rings. The summed E-state index contributed by atoms with van der Waals surface area (Å²) in [4.78, 5) is 11.5. The zero-order chi connectivity index (χ0) is 15.8. The van der Waals surface area contributed by atoms with E-state index in [2.05, 4.69) is 15.4 Å². The average Bonchev–Trinajstić information content (AvgIpc) is 2.40. The summed E-state index contributed by atoms with van der Waals surface area (Å²) in [5, 5.41) is 15.3. The first kappa shape index (κ1) is 18.0. The molecular weight excluding hydrogens is 289 g/mol. The molecule has 8 heteroatoms. The highest BCUT2D eigenvalue weighted by Gasteiger charge is 2.29. The Hall–Kier alpha value is -1.02. The predicted molar refractivity (Wildman–Crippen MR) is 70.9 cm³/mol. The predicted octanol–water partition coefficient (Wildman–Crippen LogP) is 1.95. The molecule has 0 unspecified atom stereocenters. The van der Waals surface area contributed by atoms with Crippen molar-refractivity contribution < 1.29 is 27.8 Å². The topological polar surface area (TPSA) is 70.6 Å². The lowest BCUT2D eigenvalue weighted by Gasteiger charge is -2.32. The van der Waals surface area contributed by atoms with Gasteiger partial charge in [-0.1, -0.05) is 19.3 Å². The van der Waals surface area contributed by atoms with Crippen molar-refractivity contribution in [2.75, 3.05) is 26.3 Å². The lowest BCUT2D eigenvalue weighted by Crippen LogP contribution is -2.47. The first-order valence-corrected chi connectivity index (χ1v) is 7.19. The molecule has 0 radical (unpaired) electrons. The van der Waals surface area contributed by atoms with Crippen LogP contribution < -0.4 is 10.6 Å². The quantitative estimate of drug-likeness (QED) is 0.629. The van der Waals surface area contributed by atoms with Crippen LogP contribution in [0.5, 0.6) is 0 Å². The van der Waals surface area contributed by atoms with Gasteiger partial charge in [0.25, 0.3) is 0 Å². The largest absolute Gasteiger partial charge is 0.411 e. The lowest BCUT2D eigenvalue weighted by atomic mass is 9.85. The number of halogens is 3. The molecule has 124 valence electrons. The maximum atomic E-state index is 11.8. The highest BCUT2D eigenvalue weighted by Crippen LogP contribution is 2.27. The fourth-order valence-electron chi connectivity index (χ4n) is 2.26. The molecule has 0 heterocycles. The van der Waals surface area contributed by atoms with Crippen molar-refractivity contribution in [1.82, 2.24) is 10.6 Å². The molecule has 0 aromatic heterocycles. The van der Waals surface area contributed by atoms with E-state index in [1.165, 1.54) is 0 Å². The van der Waals surface area contributed by atoms with Crippen molar-refractivity contribution >= 4 is 6.03 Å². The summed E-state index contributed by atoms with van der Waals surface area (Å²) in [5.41, 5.74) is -0.828. The van der Waals surface area contributed by atoms with Crippen LogP contribution in [0, 0.1) is 0 Å². The molecular formula is C13H23F3N2O3. The molecule has 1 saturated carbocycles. The van der Waals surface area contributed by atoms with Crippen LogP contribution in [-0.2, 0) is 4.74 Å². The Balaban J connectivity index is 2.01. The van der Waals surface area contributed by atoms with Crippen molar-refractivity contribution in [3.05, 3.63) is 0 Å². The van der Waals surface area contributed by atoms with Crippen molar-refractivity contribution in [2.45, 2.75) is 50.3 Å². The average molecular weight is 312 g/mol. The van der Waals surface area contributed by atoms with Gasteiger partial charge in [0.15, 0.2) is 0 Å². The Morgan fingerprint density at radius 2 is 1.86 bits per heavy atom. The number of aliphatic hydroxyl groups is 1. The van der Waals surface area contributed by atoms with E-state index in [1.54, 1.807) is 0 Å². The fraction of sp³-hybridized carbons (Fsp3) is 0.923. The molecule has 2 amide bonds. The molecule has 21 heavy (non-hydrogen) atoms. The number of alkyl halides is 3. The number of nitrogens with one attached hydrogen (secondary N) is 2. The first-order valence-electron chi connectivity index (χ1n) is 7.19. The van der Waals surface area contributed by atoms with E-state index >= 15 is 0 Å². The molecule has 1 rings (SSSR count). The van der Waals surface area contributed by atoms with Crippen LogP contribution in [0.4, 0.5) is 18.0 Å². The zero-order valence-corrected chi connectivity index (χ0v) is 12.0. The SMILES string of the molecule is O=C(NCCCOCC(F)(F)F)NCC1(O)CCCCC1. The molecule has 0 saturated heterocycles. The van der Waals surface area contributed by atoms with Gasteiger partial charge in [-0.15, -0.1) is 0 Å². The minimum absolute atomic E-state index is 0.0657. The molecule has 5 nitrogen and oxygen atoms in total. The third-order valence-electron chi connectivity index (χ3n) is 3.38. The molecule has 0 aromatic carbocycles. The second-order valence-corrected chi connectivity index (χ2v) is 5.42. The summed E-state index contributed by atoms with van der Waals surface area (Å²) < 4.78 is 39.7. The highest BCUT2D eigenvalue weighted by molar-refractivity contribution is 5.73. The van der Waals surface area contributed by atoms with Gasteiger partial charge in [-0.05, 0) is 19.3 Å². The van der Waals surface area contributed by atoms with Crippen LogP contribution in [0.1, 0.15) is 38.5 Å². The smallest absolute Gasteiger partial charge is 0.388 e. The van der Waals surface area contributed by atoms with Crippen LogP contribution in [0.2, 0.25) is 0 Å². The van der Waals surface area contributed by atoms with Gasteiger partial charge in [0.1, 0.15) is 6.61 Å². The van der Waals surface area contributed by atoms with E-state index in [1.807, 2.05) is 0 Å². The van der Waals surface area contributed by atoms with Gasteiger partial charge in [0.2, 0.25) is 0 Å². The van der Waals surface area contributed by atoms with Crippen LogP contribution in [0.25, 0.3) is 0 Å². The van der Waals surface area contributed by atoms with Crippen molar-refractivity contribution in [3.63, 3.8) is 0 Å². The molecule has 0 atom stereocenters. The first-order chi connectivity index (χ1) is 9.81. The third kappa shape index (κ3) is 8.77. The van der Waals surface area contributed by atoms with Crippen LogP contribution in [0.3, 0.4) is 0 Å². The molecule has 1 aliphatic carbocycles. The number of amides is 2. The second kappa shape index (κ2) is 8.43. The Labute approximate surface area is 122 Å². The van der Waals surface area contributed by atoms with Crippen LogP contribution >= 0.6 is 0 Å². The molecule has 0 spiro atoms. The van der Waals surface area contributed by atoms with E-state index < -0.39 is 24.4 Å². The molecule has 3 N–H and O–H groups in total. The summed E-state index contributed by atoms with van der Waals surface area (Å²) >= 11 is 0. The summed E-state index contributed by atoms with van der Waals surface area (Å²) in [5.74, 6) is 0. The van der Waals surface area contributed by atoms with Crippen LogP contribution in [-0.4, -0.2) is 49.2 Å². The number of hydrogen-bond acceptors (Lipinski definition) is 3. The number of rotatable bonds is 7. The van der Waals surface area contributed by atoms with E-state index in [-0.39, 0.29) is 19.7 Å². The maximum Gasteiger partial charge on any atom is 0.411 e. The highest BCUT2D eigenvalue weighted by atomic mass is 19.4. The minimum Gasteiger partial charge on any atom is -0.388 e. The number of urea groups is 1. The summed E-state index contributed by atoms with van der Waals surface area (Å²) in [7, 11) is 0.